The van der Waals surface area contributed by atoms with Crippen molar-refractivity contribution in [3.63, 3.8) is 0 Å². The van der Waals surface area contributed by atoms with Gasteiger partial charge in [-0.3, -0.25) is 9.59 Å². The first-order chi connectivity index (χ1) is 10.5. The molecular formula is C16H22O6. The summed E-state index contributed by atoms with van der Waals surface area (Å²) in [4.78, 5) is 22.3. The van der Waals surface area contributed by atoms with E-state index in [4.69, 9.17) is 18.9 Å². The molecule has 2 rings (SSSR count). The van der Waals surface area contributed by atoms with Crippen LogP contribution in [0.5, 0.6) is 0 Å². The van der Waals surface area contributed by atoms with Crippen molar-refractivity contribution in [1.29, 1.82) is 0 Å². The number of carbonyl (C=O) groups excluding carboxylic acids is 2. The predicted octanol–water partition coefficient (Wildman–Crippen LogP) is 1.89. The average molecular weight is 310 g/mol. The highest BCUT2D eigenvalue weighted by molar-refractivity contribution is 5.66. The van der Waals surface area contributed by atoms with Crippen molar-refractivity contribution in [2.24, 2.45) is 0 Å². The van der Waals surface area contributed by atoms with E-state index in [2.05, 4.69) is 12.2 Å². The molecule has 122 valence electrons. The van der Waals surface area contributed by atoms with E-state index in [1.54, 1.807) is 0 Å². The van der Waals surface area contributed by atoms with Gasteiger partial charge in [-0.15, -0.1) is 0 Å². The number of allylic oxidation sites excluding steroid dienone is 2. The molecule has 1 heterocycles. The molecule has 1 aliphatic carbocycles. The third kappa shape index (κ3) is 5.27. The first-order valence-corrected chi connectivity index (χ1v) is 7.48. The Labute approximate surface area is 130 Å². The number of hydrogen-bond donors (Lipinski definition) is 0. The van der Waals surface area contributed by atoms with E-state index in [1.807, 2.05) is 6.08 Å². The molecule has 1 unspecified atom stereocenters. The van der Waals surface area contributed by atoms with Crippen LogP contribution in [0.15, 0.2) is 23.8 Å². The molecule has 0 amide bonds. The van der Waals surface area contributed by atoms with Crippen LogP contribution in [-0.4, -0.2) is 43.7 Å². The van der Waals surface area contributed by atoms with Gasteiger partial charge < -0.3 is 18.9 Å². The summed E-state index contributed by atoms with van der Waals surface area (Å²) >= 11 is 0. The van der Waals surface area contributed by atoms with Crippen molar-refractivity contribution in [3.05, 3.63) is 23.8 Å². The molecule has 0 aromatic heterocycles. The Morgan fingerprint density at radius 1 is 1.23 bits per heavy atom. The van der Waals surface area contributed by atoms with E-state index in [0.717, 1.165) is 18.4 Å². The zero-order valence-corrected chi connectivity index (χ0v) is 12.9. The number of esters is 2. The Balaban J connectivity index is 1.90. The minimum Gasteiger partial charge on any atom is -0.460 e. The normalized spacial score (nSPS) is 27.9. The van der Waals surface area contributed by atoms with Crippen molar-refractivity contribution in [3.8, 4) is 0 Å². The lowest BCUT2D eigenvalue weighted by molar-refractivity contribution is -0.244. The van der Waals surface area contributed by atoms with Crippen molar-refractivity contribution in [2.75, 3.05) is 13.2 Å². The zero-order valence-electron chi connectivity index (χ0n) is 12.9. The van der Waals surface area contributed by atoms with Gasteiger partial charge in [0.05, 0.1) is 13.2 Å². The zero-order chi connectivity index (χ0) is 15.9. The summed E-state index contributed by atoms with van der Waals surface area (Å²) in [5.74, 6) is -0.797. The van der Waals surface area contributed by atoms with Gasteiger partial charge in [0.15, 0.2) is 12.4 Å². The fourth-order valence-electron chi connectivity index (χ4n) is 2.49. The second-order valence-corrected chi connectivity index (χ2v) is 5.39. The average Bonchev–Trinajstić information content (AvgIpc) is 2.46. The molecular weight excluding hydrogens is 288 g/mol. The van der Waals surface area contributed by atoms with Crippen LogP contribution in [0.2, 0.25) is 0 Å². The van der Waals surface area contributed by atoms with Crippen molar-refractivity contribution >= 4 is 11.9 Å². The molecule has 1 aliphatic heterocycles. The van der Waals surface area contributed by atoms with E-state index in [-0.39, 0.29) is 12.6 Å². The van der Waals surface area contributed by atoms with Gasteiger partial charge in [0, 0.05) is 20.3 Å². The summed E-state index contributed by atoms with van der Waals surface area (Å²) in [6, 6.07) is 0. The maximum Gasteiger partial charge on any atom is 0.303 e. The Bertz CT molecular complexity index is 467. The molecule has 22 heavy (non-hydrogen) atoms. The summed E-state index contributed by atoms with van der Waals surface area (Å²) in [5, 5.41) is 0. The lowest BCUT2D eigenvalue weighted by Gasteiger charge is -2.34. The molecule has 1 saturated heterocycles. The molecule has 3 atom stereocenters. The maximum absolute atomic E-state index is 11.2. The van der Waals surface area contributed by atoms with Crippen LogP contribution < -0.4 is 0 Å². The molecule has 1 fully saturated rings. The van der Waals surface area contributed by atoms with Gasteiger partial charge >= 0.3 is 11.9 Å². The molecule has 2 aliphatic rings. The lowest BCUT2D eigenvalue weighted by atomic mass is 10.1. The summed E-state index contributed by atoms with van der Waals surface area (Å²) in [7, 11) is 0. The number of rotatable bonds is 5. The van der Waals surface area contributed by atoms with Crippen molar-refractivity contribution < 1.29 is 28.5 Å². The summed E-state index contributed by atoms with van der Waals surface area (Å²) in [6.45, 7) is 3.30. The van der Waals surface area contributed by atoms with Crippen LogP contribution in [0.25, 0.3) is 0 Å². The standard InChI is InChI=1S/C16H22O6/c1-11(17)21-14-8-15(22-12(2)18)16(20-10-14)19-9-13-6-4-3-5-7-13/h4,6-7,14-16H,3,5,8-10H2,1-2H3/t14-,15?,16-/m0/s1. The minimum absolute atomic E-state index is 0.233. The van der Waals surface area contributed by atoms with Gasteiger partial charge in [0.1, 0.15) is 6.10 Å². The van der Waals surface area contributed by atoms with Gasteiger partial charge in [-0.25, -0.2) is 0 Å². The maximum atomic E-state index is 11.2. The highest BCUT2D eigenvalue weighted by Gasteiger charge is 2.36. The first-order valence-electron chi connectivity index (χ1n) is 7.48. The number of hydrogen-bond acceptors (Lipinski definition) is 6. The molecule has 6 nitrogen and oxygen atoms in total. The fraction of sp³-hybridized carbons (Fsp3) is 0.625. The van der Waals surface area contributed by atoms with E-state index >= 15 is 0 Å². The Kier molecular flexibility index (Phi) is 6.15. The molecule has 6 heteroatoms. The molecule has 0 aromatic rings. The first kappa shape index (κ1) is 16.7. The van der Waals surface area contributed by atoms with E-state index < -0.39 is 24.5 Å². The van der Waals surface area contributed by atoms with Crippen LogP contribution in [-0.2, 0) is 28.5 Å². The van der Waals surface area contributed by atoms with Crippen molar-refractivity contribution in [2.45, 2.75) is 51.6 Å². The summed E-state index contributed by atoms with van der Waals surface area (Å²) in [5.41, 5.74) is 1.08. The molecule has 0 spiro atoms. The highest BCUT2D eigenvalue weighted by Crippen LogP contribution is 2.22. The monoisotopic (exact) mass is 310 g/mol. The lowest BCUT2D eigenvalue weighted by Crippen LogP contribution is -2.46. The van der Waals surface area contributed by atoms with Gasteiger partial charge in [-0.2, -0.15) is 0 Å². The second-order valence-electron chi connectivity index (χ2n) is 5.39. The van der Waals surface area contributed by atoms with Crippen molar-refractivity contribution in [1.82, 2.24) is 0 Å². The van der Waals surface area contributed by atoms with E-state index in [0.29, 0.717) is 13.0 Å². The van der Waals surface area contributed by atoms with Gasteiger partial charge in [-0.05, 0) is 18.4 Å². The third-order valence-corrected chi connectivity index (χ3v) is 3.38. The summed E-state index contributed by atoms with van der Waals surface area (Å²) in [6.07, 6.45) is 7.01. The summed E-state index contributed by atoms with van der Waals surface area (Å²) < 4.78 is 21.6. The smallest absolute Gasteiger partial charge is 0.303 e. The molecule has 0 N–H and O–H groups in total. The van der Waals surface area contributed by atoms with Crippen LogP contribution in [0.4, 0.5) is 0 Å². The van der Waals surface area contributed by atoms with E-state index in [1.165, 1.54) is 13.8 Å². The van der Waals surface area contributed by atoms with Gasteiger partial charge in [0.25, 0.3) is 0 Å². The number of carbonyl (C=O) groups is 2. The van der Waals surface area contributed by atoms with Gasteiger partial charge in [0.2, 0.25) is 0 Å². The van der Waals surface area contributed by atoms with Gasteiger partial charge in [-0.1, -0.05) is 18.2 Å². The van der Waals surface area contributed by atoms with Crippen LogP contribution in [0.3, 0.4) is 0 Å². The topological polar surface area (TPSA) is 71.1 Å². The van der Waals surface area contributed by atoms with Crippen LogP contribution in [0, 0.1) is 0 Å². The highest BCUT2D eigenvalue weighted by atomic mass is 16.7. The molecule has 0 radical (unpaired) electrons. The molecule has 0 saturated carbocycles. The SMILES string of the molecule is CC(=O)OC1C[C@H](OC(C)=O)CO[C@@H]1OCC1=CCCC=C1. The van der Waals surface area contributed by atoms with Crippen LogP contribution in [0.1, 0.15) is 33.1 Å². The Morgan fingerprint density at radius 2 is 2.00 bits per heavy atom. The Hall–Kier alpha value is -1.66. The number of ether oxygens (including phenoxy) is 4. The Morgan fingerprint density at radius 3 is 2.64 bits per heavy atom. The largest absolute Gasteiger partial charge is 0.460 e. The van der Waals surface area contributed by atoms with E-state index in [9.17, 15) is 9.59 Å². The fourth-order valence-corrected chi connectivity index (χ4v) is 2.49. The third-order valence-electron chi connectivity index (χ3n) is 3.38. The predicted molar refractivity (Wildman–Crippen MR) is 77.9 cm³/mol. The second kappa shape index (κ2) is 8.10. The molecule has 0 aromatic carbocycles. The van der Waals surface area contributed by atoms with Crippen LogP contribution >= 0.6 is 0 Å². The minimum atomic E-state index is -0.646. The molecule has 0 bridgehead atoms. The quantitative estimate of drug-likeness (QED) is 0.722.